The number of aliphatic hydroxyl groups excluding tert-OH is 1. The number of anilines is 3. The van der Waals surface area contributed by atoms with Crippen molar-refractivity contribution in [3.63, 3.8) is 0 Å². The Morgan fingerprint density at radius 1 is 1.21 bits per heavy atom. The van der Waals surface area contributed by atoms with Crippen LogP contribution in [-0.4, -0.2) is 37.3 Å². The van der Waals surface area contributed by atoms with E-state index in [1.54, 1.807) is 6.33 Å². The van der Waals surface area contributed by atoms with Crippen molar-refractivity contribution in [2.75, 3.05) is 17.2 Å². The topological polar surface area (TPSA) is 87.9 Å². The number of hydrogen-bond donors (Lipinski definition) is 3. The number of aromatic nitrogens is 4. The van der Waals surface area contributed by atoms with Crippen molar-refractivity contribution in [2.45, 2.75) is 46.2 Å². The molecule has 1 unspecified atom stereocenters. The molecule has 0 aliphatic carbocycles. The maximum absolute atomic E-state index is 9.77. The van der Waals surface area contributed by atoms with E-state index in [9.17, 15) is 5.11 Å². The Morgan fingerprint density at radius 2 is 2.00 bits per heavy atom. The van der Waals surface area contributed by atoms with Gasteiger partial charge in [-0.15, -0.1) is 0 Å². The zero-order valence-corrected chi connectivity index (χ0v) is 17.4. The molecule has 28 heavy (non-hydrogen) atoms. The van der Waals surface area contributed by atoms with Gasteiger partial charge < -0.3 is 20.3 Å². The molecule has 3 aromatic rings. The average Bonchev–Trinajstić information content (AvgIpc) is 3.10. The van der Waals surface area contributed by atoms with E-state index < -0.39 is 0 Å². The van der Waals surface area contributed by atoms with Crippen molar-refractivity contribution in [1.82, 2.24) is 19.5 Å². The Balaban J connectivity index is 2.05. The monoisotopic (exact) mass is 402 g/mol. The number of halogens is 1. The molecule has 2 aromatic heterocycles. The van der Waals surface area contributed by atoms with Crippen LogP contribution in [0, 0.1) is 5.92 Å². The van der Waals surface area contributed by atoms with E-state index in [1.165, 1.54) is 0 Å². The Hall–Kier alpha value is -2.38. The minimum atomic E-state index is -0.128. The van der Waals surface area contributed by atoms with Gasteiger partial charge in [0, 0.05) is 16.8 Å². The van der Waals surface area contributed by atoms with E-state index in [0.717, 1.165) is 17.8 Å². The van der Waals surface area contributed by atoms with Crippen LogP contribution in [0.25, 0.3) is 11.2 Å². The zero-order valence-electron chi connectivity index (χ0n) is 16.6. The molecule has 0 fully saturated rings. The van der Waals surface area contributed by atoms with Gasteiger partial charge in [0.15, 0.2) is 17.0 Å². The largest absolute Gasteiger partial charge is 0.394 e. The highest BCUT2D eigenvalue weighted by Crippen LogP contribution is 2.27. The molecule has 0 amide bonds. The average molecular weight is 403 g/mol. The van der Waals surface area contributed by atoms with Crippen LogP contribution in [0.2, 0.25) is 5.02 Å². The number of nitrogens with zero attached hydrogens (tertiary/aromatic N) is 4. The Morgan fingerprint density at radius 3 is 2.64 bits per heavy atom. The van der Waals surface area contributed by atoms with Gasteiger partial charge in [-0.3, -0.25) is 0 Å². The predicted octanol–water partition coefficient (Wildman–Crippen LogP) is 4.62. The van der Waals surface area contributed by atoms with E-state index in [4.69, 9.17) is 11.6 Å². The molecule has 150 valence electrons. The van der Waals surface area contributed by atoms with Gasteiger partial charge >= 0.3 is 0 Å². The van der Waals surface area contributed by atoms with Crippen molar-refractivity contribution in [2.24, 2.45) is 5.92 Å². The minimum absolute atomic E-state index is 0.0108. The van der Waals surface area contributed by atoms with Crippen LogP contribution in [0.1, 0.15) is 40.2 Å². The third-order valence-electron chi connectivity index (χ3n) is 4.91. The lowest BCUT2D eigenvalue weighted by molar-refractivity contribution is 0.240. The Labute approximate surface area is 170 Å². The van der Waals surface area contributed by atoms with Gasteiger partial charge in [-0.2, -0.15) is 9.97 Å². The van der Waals surface area contributed by atoms with Crippen LogP contribution < -0.4 is 10.6 Å². The molecule has 1 aromatic carbocycles. The molecule has 3 rings (SSSR count). The summed E-state index contributed by atoms with van der Waals surface area (Å²) in [5.41, 5.74) is 2.24. The van der Waals surface area contributed by atoms with Crippen LogP contribution >= 0.6 is 11.6 Å². The van der Waals surface area contributed by atoms with Crippen molar-refractivity contribution < 1.29 is 5.11 Å². The van der Waals surface area contributed by atoms with Gasteiger partial charge in [0.25, 0.3) is 0 Å². The van der Waals surface area contributed by atoms with Crippen LogP contribution in [0.3, 0.4) is 0 Å². The number of fused-ring (bicyclic) bond motifs is 1. The Kier molecular flexibility index (Phi) is 6.36. The second kappa shape index (κ2) is 8.75. The van der Waals surface area contributed by atoms with Gasteiger partial charge in [-0.1, -0.05) is 37.9 Å². The number of benzene rings is 1. The van der Waals surface area contributed by atoms with Crippen LogP contribution in [-0.2, 0) is 0 Å². The third kappa shape index (κ3) is 4.36. The van der Waals surface area contributed by atoms with Gasteiger partial charge in [-0.25, -0.2) is 4.98 Å². The Bertz CT molecular complexity index is 942. The number of rotatable bonds is 8. The molecule has 0 radical (unpaired) electrons. The minimum Gasteiger partial charge on any atom is -0.394 e. The van der Waals surface area contributed by atoms with Crippen molar-refractivity contribution in [1.29, 1.82) is 0 Å². The summed E-state index contributed by atoms with van der Waals surface area (Å²) < 4.78 is 2.00. The SMILES string of the molecule is CCC(C)[C@@H](CO)Nc1nc(Nc2cccc(Cl)c2)c2ncn(C(C)C)c2n1. The first kappa shape index (κ1) is 20.4. The van der Waals surface area contributed by atoms with E-state index >= 15 is 0 Å². The van der Waals surface area contributed by atoms with Crippen LogP contribution in [0.5, 0.6) is 0 Å². The number of nitrogens with one attached hydrogen (secondary N) is 2. The van der Waals surface area contributed by atoms with Crippen molar-refractivity contribution in [3.8, 4) is 0 Å². The van der Waals surface area contributed by atoms with Gasteiger partial charge in [0.05, 0.1) is 19.0 Å². The summed E-state index contributed by atoms with van der Waals surface area (Å²) in [7, 11) is 0. The molecule has 0 bridgehead atoms. The molecule has 3 N–H and O–H groups in total. The van der Waals surface area contributed by atoms with Gasteiger partial charge in [-0.05, 0) is 38.0 Å². The first-order valence-electron chi connectivity index (χ1n) is 9.57. The standard InChI is InChI=1S/C20H27ClN6O/c1-5-13(4)16(10-28)24-20-25-18(23-15-8-6-7-14(21)9-15)17-19(26-20)27(11-22-17)12(2)3/h6-9,11-13,16,28H,5,10H2,1-4H3,(H2,23,24,25,26)/t13?,16-/m1/s1. The highest BCUT2D eigenvalue weighted by Gasteiger charge is 2.19. The highest BCUT2D eigenvalue weighted by atomic mass is 35.5. The third-order valence-corrected chi connectivity index (χ3v) is 5.14. The van der Waals surface area contributed by atoms with E-state index in [2.05, 4.69) is 53.3 Å². The van der Waals surface area contributed by atoms with E-state index in [1.807, 2.05) is 28.8 Å². The lowest BCUT2D eigenvalue weighted by atomic mass is 10.0. The lowest BCUT2D eigenvalue weighted by Crippen LogP contribution is -2.31. The lowest BCUT2D eigenvalue weighted by Gasteiger charge is -2.22. The molecule has 2 heterocycles. The molecule has 0 aliphatic rings. The normalized spacial score (nSPS) is 13.7. The molecule has 0 saturated heterocycles. The van der Waals surface area contributed by atoms with Gasteiger partial charge in [0.1, 0.15) is 0 Å². The number of hydrogen-bond acceptors (Lipinski definition) is 6. The fourth-order valence-electron chi connectivity index (χ4n) is 2.97. The molecular formula is C20H27ClN6O. The summed E-state index contributed by atoms with van der Waals surface area (Å²) >= 11 is 6.11. The molecule has 0 aliphatic heterocycles. The molecule has 0 spiro atoms. The fraction of sp³-hybridized carbons (Fsp3) is 0.450. The first-order valence-corrected chi connectivity index (χ1v) is 9.95. The molecule has 0 saturated carbocycles. The summed E-state index contributed by atoms with van der Waals surface area (Å²) in [5.74, 6) is 1.33. The summed E-state index contributed by atoms with van der Waals surface area (Å²) in [6.07, 6.45) is 2.72. The molecule has 8 heteroatoms. The van der Waals surface area contributed by atoms with E-state index in [-0.39, 0.29) is 24.6 Å². The van der Waals surface area contributed by atoms with E-state index in [0.29, 0.717) is 22.3 Å². The zero-order chi connectivity index (χ0) is 20.3. The number of aliphatic hydroxyl groups is 1. The highest BCUT2D eigenvalue weighted by molar-refractivity contribution is 6.30. The first-order chi connectivity index (χ1) is 13.4. The molecule has 7 nitrogen and oxygen atoms in total. The second-order valence-corrected chi connectivity index (χ2v) is 7.70. The van der Waals surface area contributed by atoms with Crippen molar-refractivity contribution >= 4 is 40.2 Å². The predicted molar refractivity (Wildman–Crippen MR) is 114 cm³/mol. The molecular weight excluding hydrogens is 376 g/mol. The summed E-state index contributed by atoms with van der Waals surface area (Å²) in [5, 5.41) is 17.0. The number of imidazole rings is 1. The fourth-order valence-corrected chi connectivity index (χ4v) is 3.16. The quantitative estimate of drug-likeness (QED) is 0.509. The van der Waals surface area contributed by atoms with Gasteiger partial charge in [0.2, 0.25) is 5.95 Å². The van der Waals surface area contributed by atoms with Crippen molar-refractivity contribution in [3.05, 3.63) is 35.6 Å². The maximum atomic E-state index is 9.77. The summed E-state index contributed by atoms with van der Waals surface area (Å²) in [6, 6.07) is 7.52. The van der Waals surface area contributed by atoms with Crippen LogP contribution in [0.15, 0.2) is 30.6 Å². The smallest absolute Gasteiger partial charge is 0.227 e. The summed E-state index contributed by atoms with van der Waals surface area (Å²) in [6.45, 7) is 8.36. The summed E-state index contributed by atoms with van der Waals surface area (Å²) in [4.78, 5) is 13.8. The second-order valence-electron chi connectivity index (χ2n) is 7.27. The van der Waals surface area contributed by atoms with Crippen LogP contribution in [0.4, 0.5) is 17.5 Å². The maximum Gasteiger partial charge on any atom is 0.227 e. The molecule has 2 atom stereocenters.